The van der Waals surface area contributed by atoms with Crippen LogP contribution < -0.4 is 5.73 Å². The lowest BCUT2D eigenvalue weighted by Gasteiger charge is -2.24. The molecule has 0 radical (unpaired) electrons. The summed E-state index contributed by atoms with van der Waals surface area (Å²) in [6.07, 6.45) is 9.26. The smallest absolute Gasteiger partial charge is 0.127 e. The monoisotopic (exact) mass is 247 g/mol. The highest BCUT2D eigenvalue weighted by atomic mass is 15.2. The van der Waals surface area contributed by atoms with Crippen molar-refractivity contribution in [3.05, 3.63) is 11.5 Å². The van der Waals surface area contributed by atoms with Gasteiger partial charge in [0, 0.05) is 17.9 Å². The van der Waals surface area contributed by atoms with Crippen molar-refractivity contribution in [1.82, 2.24) is 9.55 Å². The minimum atomic E-state index is 0.432. The summed E-state index contributed by atoms with van der Waals surface area (Å²) in [5.74, 6) is 3.54. The molecule has 2 aliphatic carbocycles. The topological polar surface area (TPSA) is 43.8 Å². The first kappa shape index (κ1) is 12.1. The second-order valence-electron chi connectivity index (χ2n) is 6.31. The highest BCUT2D eigenvalue weighted by molar-refractivity contribution is 5.43. The molecule has 0 atom stereocenters. The molecule has 3 nitrogen and oxygen atoms in total. The SMILES string of the molecule is CC(C)n1c(C2CCCCC2)nc(C2CC2)c1N. The molecular weight excluding hydrogens is 222 g/mol. The summed E-state index contributed by atoms with van der Waals surface area (Å²) in [5.41, 5.74) is 7.55. The molecular formula is C15H25N3. The van der Waals surface area contributed by atoms with Crippen molar-refractivity contribution >= 4 is 5.82 Å². The van der Waals surface area contributed by atoms with Crippen LogP contribution in [0, 0.1) is 0 Å². The maximum absolute atomic E-state index is 6.35. The maximum Gasteiger partial charge on any atom is 0.127 e. The van der Waals surface area contributed by atoms with E-state index in [9.17, 15) is 0 Å². The third-order valence-electron chi connectivity index (χ3n) is 4.45. The van der Waals surface area contributed by atoms with Crippen molar-refractivity contribution in [2.24, 2.45) is 0 Å². The van der Waals surface area contributed by atoms with Crippen LogP contribution in [0.5, 0.6) is 0 Å². The van der Waals surface area contributed by atoms with Gasteiger partial charge >= 0.3 is 0 Å². The Morgan fingerprint density at radius 3 is 2.28 bits per heavy atom. The number of nitrogens with zero attached hydrogens (tertiary/aromatic N) is 2. The zero-order chi connectivity index (χ0) is 12.7. The molecule has 18 heavy (non-hydrogen) atoms. The Bertz CT molecular complexity index is 423. The fraction of sp³-hybridized carbons (Fsp3) is 0.800. The molecule has 100 valence electrons. The van der Waals surface area contributed by atoms with Crippen LogP contribution in [0.25, 0.3) is 0 Å². The summed E-state index contributed by atoms with van der Waals surface area (Å²) in [5, 5.41) is 0. The normalized spacial score (nSPS) is 21.7. The van der Waals surface area contributed by atoms with Gasteiger partial charge in [0.2, 0.25) is 0 Å². The van der Waals surface area contributed by atoms with Gasteiger partial charge in [-0.1, -0.05) is 19.3 Å². The Balaban J connectivity index is 1.97. The van der Waals surface area contributed by atoms with Crippen molar-refractivity contribution in [2.45, 2.75) is 76.7 Å². The number of aromatic nitrogens is 2. The lowest BCUT2D eigenvalue weighted by Crippen LogP contribution is -2.15. The first-order valence-electron chi connectivity index (χ1n) is 7.56. The number of hydrogen-bond donors (Lipinski definition) is 1. The minimum absolute atomic E-state index is 0.432. The second-order valence-corrected chi connectivity index (χ2v) is 6.31. The van der Waals surface area contributed by atoms with Crippen molar-refractivity contribution < 1.29 is 0 Å². The van der Waals surface area contributed by atoms with Crippen molar-refractivity contribution in [3.8, 4) is 0 Å². The van der Waals surface area contributed by atoms with Crippen LogP contribution in [0.15, 0.2) is 0 Å². The Morgan fingerprint density at radius 2 is 1.72 bits per heavy atom. The van der Waals surface area contributed by atoms with Gasteiger partial charge in [-0.3, -0.25) is 0 Å². The van der Waals surface area contributed by atoms with Gasteiger partial charge < -0.3 is 10.3 Å². The van der Waals surface area contributed by atoms with Gasteiger partial charge in [0.1, 0.15) is 11.6 Å². The summed E-state index contributed by atoms with van der Waals surface area (Å²) in [6, 6.07) is 0.432. The predicted octanol–water partition coefficient (Wildman–Crippen LogP) is 3.97. The van der Waals surface area contributed by atoms with Crippen LogP contribution in [0.1, 0.15) is 88.2 Å². The number of nitrogens with two attached hydrogens (primary N) is 1. The molecule has 2 saturated carbocycles. The molecule has 0 unspecified atom stereocenters. The Labute approximate surface area is 110 Å². The van der Waals surface area contributed by atoms with Crippen molar-refractivity contribution in [1.29, 1.82) is 0 Å². The van der Waals surface area contributed by atoms with E-state index >= 15 is 0 Å². The van der Waals surface area contributed by atoms with E-state index in [0.29, 0.717) is 17.9 Å². The lowest BCUT2D eigenvalue weighted by atomic mass is 9.88. The quantitative estimate of drug-likeness (QED) is 0.878. The standard InChI is InChI=1S/C15H25N3/c1-10(2)18-14(16)13(11-8-9-11)17-15(18)12-6-4-3-5-7-12/h10-12H,3-9,16H2,1-2H3. The van der Waals surface area contributed by atoms with E-state index in [-0.39, 0.29) is 0 Å². The summed E-state index contributed by atoms with van der Waals surface area (Å²) in [7, 11) is 0. The molecule has 1 aromatic rings. The Hall–Kier alpha value is -0.990. The van der Waals surface area contributed by atoms with Gasteiger partial charge in [-0.2, -0.15) is 0 Å². The van der Waals surface area contributed by atoms with E-state index in [1.807, 2.05) is 0 Å². The molecule has 0 amide bonds. The molecule has 2 fully saturated rings. The van der Waals surface area contributed by atoms with Crippen molar-refractivity contribution in [2.75, 3.05) is 5.73 Å². The molecule has 0 saturated heterocycles. The van der Waals surface area contributed by atoms with Gasteiger partial charge in [-0.15, -0.1) is 0 Å². The first-order chi connectivity index (χ1) is 8.68. The molecule has 2 aliphatic rings. The molecule has 1 aromatic heterocycles. The van der Waals surface area contributed by atoms with E-state index in [2.05, 4.69) is 18.4 Å². The summed E-state index contributed by atoms with van der Waals surface area (Å²) >= 11 is 0. The van der Waals surface area contributed by atoms with Gasteiger partial charge in [-0.05, 0) is 39.5 Å². The third-order valence-corrected chi connectivity index (χ3v) is 4.45. The third kappa shape index (κ3) is 2.04. The van der Waals surface area contributed by atoms with E-state index < -0.39 is 0 Å². The minimum Gasteiger partial charge on any atom is -0.384 e. The van der Waals surface area contributed by atoms with Crippen LogP contribution in [-0.4, -0.2) is 9.55 Å². The highest BCUT2D eigenvalue weighted by Crippen LogP contribution is 2.45. The molecule has 0 aromatic carbocycles. The number of imidazole rings is 1. The van der Waals surface area contributed by atoms with Gasteiger partial charge in [0.25, 0.3) is 0 Å². The number of hydrogen-bond acceptors (Lipinski definition) is 2. The maximum atomic E-state index is 6.35. The fourth-order valence-electron chi connectivity index (χ4n) is 3.33. The number of rotatable bonds is 3. The average Bonchev–Trinajstić information content (AvgIpc) is 3.14. The molecule has 0 aliphatic heterocycles. The van der Waals surface area contributed by atoms with E-state index in [1.54, 1.807) is 0 Å². The molecule has 0 bridgehead atoms. The molecule has 0 spiro atoms. The summed E-state index contributed by atoms with van der Waals surface area (Å²) in [6.45, 7) is 4.45. The molecule has 3 rings (SSSR count). The Morgan fingerprint density at radius 1 is 1.06 bits per heavy atom. The second kappa shape index (κ2) is 4.60. The van der Waals surface area contributed by atoms with Gasteiger partial charge in [-0.25, -0.2) is 4.98 Å². The van der Waals surface area contributed by atoms with Crippen LogP contribution >= 0.6 is 0 Å². The number of nitrogen functional groups attached to an aromatic ring is 1. The van der Waals surface area contributed by atoms with E-state index in [0.717, 1.165) is 5.82 Å². The fourth-order valence-corrected chi connectivity index (χ4v) is 3.33. The first-order valence-corrected chi connectivity index (χ1v) is 7.56. The zero-order valence-electron chi connectivity index (χ0n) is 11.7. The van der Waals surface area contributed by atoms with E-state index in [1.165, 1.54) is 56.5 Å². The van der Waals surface area contributed by atoms with E-state index in [4.69, 9.17) is 10.7 Å². The largest absolute Gasteiger partial charge is 0.384 e. The predicted molar refractivity (Wildman–Crippen MR) is 74.8 cm³/mol. The highest BCUT2D eigenvalue weighted by Gasteiger charge is 2.33. The number of anilines is 1. The van der Waals surface area contributed by atoms with Crippen LogP contribution in [-0.2, 0) is 0 Å². The van der Waals surface area contributed by atoms with Crippen LogP contribution in [0.4, 0.5) is 5.82 Å². The average molecular weight is 247 g/mol. The van der Waals surface area contributed by atoms with Crippen LogP contribution in [0.3, 0.4) is 0 Å². The molecule has 1 heterocycles. The van der Waals surface area contributed by atoms with Crippen molar-refractivity contribution in [3.63, 3.8) is 0 Å². The molecule has 3 heteroatoms. The summed E-state index contributed by atoms with van der Waals surface area (Å²) in [4.78, 5) is 4.95. The van der Waals surface area contributed by atoms with Crippen LogP contribution in [0.2, 0.25) is 0 Å². The lowest BCUT2D eigenvalue weighted by molar-refractivity contribution is 0.407. The Kier molecular flexibility index (Phi) is 3.08. The zero-order valence-corrected chi connectivity index (χ0v) is 11.7. The summed E-state index contributed by atoms with van der Waals surface area (Å²) < 4.78 is 2.31. The van der Waals surface area contributed by atoms with Gasteiger partial charge in [0.05, 0.1) is 5.69 Å². The molecule has 2 N–H and O–H groups in total. The van der Waals surface area contributed by atoms with Gasteiger partial charge in [0.15, 0.2) is 0 Å².